The minimum Gasteiger partial charge on any atom is -0.476 e. The lowest BCUT2D eigenvalue weighted by Gasteiger charge is -2.19. The summed E-state index contributed by atoms with van der Waals surface area (Å²) in [6.07, 6.45) is 0.873. The number of carbonyl (C=O) groups excluding carboxylic acids is 1. The number of anilines is 3. The van der Waals surface area contributed by atoms with Crippen molar-refractivity contribution in [2.45, 2.75) is 52.0 Å². The smallest absolute Gasteiger partial charge is 0.323 e. The molecule has 1 aliphatic heterocycles. The van der Waals surface area contributed by atoms with Crippen molar-refractivity contribution in [3.05, 3.63) is 0 Å². The van der Waals surface area contributed by atoms with Crippen LogP contribution in [0.15, 0.2) is 0 Å². The zero-order chi connectivity index (χ0) is 23.3. The summed E-state index contributed by atoms with van der Waals surface area (Å²) in [5.41, 5.74) is 17.7. The minimum atomic E-state index is -0.633. The molecule has 0 saturated carbocycles. The van der Waals surface area contributed by atoms with Gasteiger partial charge in [-0.1, -0.05) is 13.8 Å². The van der Waals surface area contributed by atoms with Crippen LogP contribution in [-0.2, 0) is 14.3 Å². The Hall–Kier alpha value is -2.41. The van der Waals surface area contributed by atoms with E-state index in [0.29, 0.717) is 18.8 Å². The molecule has 1 aromatic heterocycles. The molecule has 0 bridgehead atoms. The number of nitrogen functional groups attached to an aromatic ring is 2. The number of rotatable bonds is 8. The topological polar surface area (TPSA) is 201 Å². The Morgan fingerprint density at radius 3 is 2.43 bits per heavy atom. The van der Waals surface area contributed by atoms with Gasteiger partial charge < -0.3 is 46.9 Å². The number of hydrogen-bond acceptors (Lipinski definition) is 12. The van der Waals surface area contributed by atoms with E-state index in [9.17, 15) is 4.79 Å². The van der Waals surface area contributed by atoms with Gasteiger partial charge in [0.25, 0.3) is 0 Å². The first-order chi connectivity index (χ1) is 14.3. The number of ether oxygens (including phenoxy) is 3. The predicted octanol–water partition coefficient (Wildman–Crippen LogP) is -0.300. The van der Waals surface area contributed by atoms with Crippen molar-refractivity contribution >= 4 is 23.4 Å². The number of nitrogens with zero attached hydrogens (tertiary/aromatic N) is 2. The van der Waals surface area contributed by atoms with Crippen LogP contribution in [0.2, 0.25) is 0 Å². The monoisotopic (exact) mass is 432 g/mol. The largest absolute Gasteiger partial charge is 0.476 e. The Labute approximate surface area is 177 Å². The zero-order valence-electron chi connectivity index (χ0n) is 18.3. The maximum atomic E-state index is 11.8. The Kier molecular flexibility index (Phi) is 13.4. The molecule has 1 aliphatic rings. The van der Waals surface area contributed by atoms with E-state index in [0.717, 1.165) is 20.6 Å². The average molecular weight is 433 g/mol. The summed E-state index contributed by atoms with van der Waals surface area (Å²) >= 11 is 0. The number of aliphatic hydroxyl groups is 2. The molecule has 30 heavy (non-hydrogen) atoms. The molecular formula is C18H36N6O6. The van der Waals surface area contributed by atoms with Crippen molar-refractivity contribution in [3.63, 3.8) is 0 Å². The van der Waals surface area contributed by atoms with Gasteiger partial charge in [0.2, 0.25) is 11.8 Å². The third-order valence-electron chi connectivity index (χ3n) is 4.02. The highest BCUT2D eigenvalue weighted by Gasteiger charge is 2.29. The summed E-state index contributed by atoms with van der Waals surface area (Å²) in [6.45, 7) is 6.12. The second-order valence-corrected chi connectivity index (χ2v) is 6.45. The third-order valence-corrected chi connectivity index (χ3v) is 4.02. The van der Waals surface area contributed by atoms with Crippen molar-refractivity contribution in [2.24, 2.45) is 11.7 Å². The van der Waals surface area contributed by atoms with Crippen LogP contribution in [0.1, 0.15) is 33.6 Å². The van der Waals surface area contributed by atoms with Gasteiger partial charge in [-0.2, -0.15) is 9.97 Å². The Bertz CT molecular complexity index is 633. The zero-order valence-corrected chi connectivity index (χ0v) is 18.3. The Morgan fingerprint density at radius 1 is 1.23 bits per heavy atom. The van der Waals surface area contributed by atoms with Gasteiger partial charge in [0.15, 0.2) is 5.82 Å². The van der Waals surface area contributed by atoms with Crippen LogP contribution < -0.4 is 27.3 Å². The molecule has 0 amide bonds. The van der Waals surface area contributed by atoms with E-state index in [2.05, 4.69) is 15.3 Å². The first-order valence-corrected chi connectivity index (χ1v) is 9.61. The van der Waals surface area contributed by atoms with Crippen LogP contribution in [0.5, 0.6) is 5.88 Å². The van der Waals surface area contributed by atoms with Crippen LogP contribution in [0.25, 0.3) is 0 Å². The predicted molar refractivity (Wildman–Crippen MR) is 114 cm³/mol. The summed E-state index contributed by atoms with van der Waals surface area (Å²) in [5.74, 6) is 0.233. The molecule has 3 atom stereocenters. The molecule has 12 nitrogen and oxygen atoms in total. The van der Waals surface area contributed by atoms with Gasteiger partial charge >= 0.3 is 5.97 Å². The number of carbonyl (C=O) groups is 1. The van der Waals surface area contributed by atoms with E-state index in [1.165, 1.54) is 0 Å². The van der Waals surface area contributed by atoms with E-state index in [1.807, 2.05) is 20.8 Å². The quantitative estimate of drug-likeness (QED) is 0.293. The normalized spacial score (nSPS) is 18.4. The lowest BCUT2D eigenvalue weighted by Crippen LogP contribution is -2.38. The summed E-state index contributed by atoms with van der Waals surface area (Å²) in [7, 11) is 2.00. The first-order valence-electron chi connectivity index (χ1n) is 9.61. The molecule has 0 aromatic carbocycles. The van der Waals surface area contributed by atoms with Crippen molar-refractivity contribution < 1.29 is 29.2 Å². The van der Waals surface area contributed by atoms with Crippen LogP contribution in [0.3, 0.4) is 0 Å². The minimum absolute atomic E-state index is 0.0205. The first kappa shape index (κ1) is 27.6. The molecule has 12 heteroatoms. The highest BCUT2D eigenvalue weighted by Crippen LogP contribution is 2.29. The van der Waals surface area contributed by atoms with Gasteiger partial charge in [0.1, 0.15) is 24.6 Å². The second kappa shape index (κ2) is 14.6. The summed E-state index contributed by atoms with van der Waals surface area (Å²) in [4.78, 5) is 19.9. The van der Waals surface area contributed by atoms with E-state index >= 15 is 0 Å². The number of aliphatic hydroxyl groups excluding tert-OH is 2. The van der Waals surface area contributed by atoms with Crippen molar-refractivity contribution in [1.29, 1.82) is 0 Å². The average Bonchev–Trinajstić information content (AvgIpc) is 3.19. The third kappa shape index (κ3) is 8.53. The molecule has 9 N–H and O–H groups in total. The molecule has 174 valence electrons. The molecular weight excluding hydrogens is 396 g/mol. The molecule has 2 heterocycles. The Morgan fingerprint density at radius 2 is 1.87 bits per heavy atom. The molecule has 1 saturated heterocycles. The standard InChI is InChI=1S/C16H28N6O4.2CH4O/c1-4-24-14-12(18)13(21-16(19)22-14)20-10-6-5-9(26-10)7-25-15(23)11(17)8(2)3;2*1-2/h8-11H,4-7,17-18H2,1-3H3,(H3,19,20,21,22);2*2H,1H3. The lowest BCUT2D eigenvalue weighted by atomic mass is 10.1. The fourth-order valence-corrected chi connectivity index (χ4v) is 2.45. The van der Waals surface area contributed by atoms with Crippen LogP contribution in [0, 0.1) is 5.92 Å². The molecule has 1 aromatic rings. The number of nitrogens with two attached hydrogens (primary N) is 3. The molecule has 0 radical (unpaired) electrons. The van der Waals surface area contributed by atoms with E-state index < -0.39 is 12.0 Å². The maximum absolute atomic E-state index is 11.8. The number of nitrogens with one attached hydrogen (secondary N) is 1. The summed E-state index contributed by atoms with van der Waals surface area (Å²) in [6, 6.07) is -0.633. The van der Waals surface area contributed by atoms with Crippen molar-refractivity contribution in [1.82, 2.24) is 9.97 Å². The molecule has 2 rings (SSSR count). The van der Waals surface area contributed by atoms with E-state index in [1.54, 1.807) is 0 Å². The number of hydrogen-bond donors (Lipinski definition) is 6. The maximum Gasteiger partial charge on any atom is 0.323 e. The van der Waals surface area contributed by atoms with Gasteiger partial charge in [-0.3, -0.25) is 4.79 Å². The molecule has 1 fully saturated rings. The van der Waals surface area contributed by atoms with E-state index in [4.69, 9.17) is 41.6 Å². The van der Waals surface area contributed by atoms with Gasteiger partial charge in [0, 0.05) is 14.2 Å². The van der Waals surface area contributed by atoms with Crippen molar-refractivity contribution in [3.8, 4) is 5.88 Å². The molecule has 0 aliphatic carbocycles. The van der Waals surface area contributed by atoms with E-state index in [-0.39, 0.29) is 42.4 Å². The van der Waals surface area contributed by atoms with Crippen LogP contribution in [-0.4, -0.2) is 72.0 Å². The lowest BCUT2D eigenvalue weighted by molar-refractivity contribution is -0.150. The highest BCUT2D eigenvalue weighted by molar-refractivity contribution is 5.75. The number of aromatic nitrogens is 2. The number of esters is 1. The van der Waals surface area contributed by atoms with Gasteiger partial charge in [-0.15, -0.1) is 0 Å². The van der Waals surface area contributed by atoms with Crippen LogP contribution in [0.4, 0.5) is 17.5 Å². The fourth-order valence-electron chi connectivity index (χ4n) is 2.45. The second-order valence-electron chi connectivity index (χ2n) is 6.45. The van der Waals surface area contributed by atoms with Gasteiger partial charge in [-0.25, -0.2) is 0 Å². The molecule has 0 spiro atoms. The summed E-state index contributed by atoms with van der Waals surface area (Å²) < 4.78 is 16.4. The highest BCUT2D eigenvalue weighted by atomic mass is 16.6. The van der Waals surface area contributed by atoms with Gasteiger partial charge in [-0.05, 0) is 25.7 Å². The SMILES string of the molecule is CCOc1nc(N)nc(NC2CCC(COC(=O)C(N)C(C)C)O2)c1N.CO.CO. The van der Waals surface area contributed by atoms with Crippen molar-refractivity contribution in [2.75, 3.05) is 44.2 Å². The van der Waals surface area contributed by atoms with Crippen LogP contribution >= 0.6 is 0 Å². The molecule has 3 unspecified atom stereocenters. The summed E-state index contributed by atoms with van der Waals surface area (Å²) in [5, 5.41) is 17.1. The fraction of sp³-hybridized carbons (Fsp3) is 0.722. The van der Waals surface area contributed by atoms with Gasteiger partial charge in [0.05, 0.1) is 12.7 Å². The Balaban J connectivity index is 0.00000198.